The summed E-state index contributed by atoms with van der Waals surface area (Å²) >= 11 is 0. The Labute approximate surface area is 85.1 Å². The molecular weight excluding hydrogens is 178 g/mol. The van der Waals surface area contributed by atoms with E-state index in [0.29, 0.717) is 6.61 Å². The zero-order valence-corrected chi connectivity index (χ0v) is 9.32. The van der Waals surface area contributed by atoms with Gasteiger partial charge in [-0.05, 0) is 20.8 Å². The van der Waals surface area contributed by atoms with Crippen molar-refractivity contribution in [3.05, 3.63) is 18.2 Å². The average molecular weight is 197 g/mol. The molecule has 0 aliphatic carbocycles. The molecule has 0 aliphatic rings. The van der Waals surface area contributed by atoms with Crippen LogP contribution in [0.25, 0.3) is 0 Å². The average Bonchev–Trinajstić information content (AvgIpc) is 2.51. The van der Waals surface area contributed by atoms with Crippen molar-refractivity contribution in [1.82, 2.24) is 9.55 Å². The lowest BCUT2D eigenvalue weighted by Crippen LogP contribution is -2.33. The molecule has 4 nitrogen and oxygen atoms in total. The number of hydrogen-bond acceptors (Lipinski definition) is 3. The summed E-state index contributed by atoms with van der Waals surface area (Å²) < 4.78 is 7.25. The Morgan fingerprint density at radius 2 is 2.29 bits per heavy atom. The van der Waals surface area contributed by atoms with Gasteiger partial charge in [0, 0.05) is 19.3 Å². The summed E-state index contributed by atoms with van der Waals surface area (Å²) in [4.78, 5) is 4.12. The van der Waals surface area contributed by atoms with Crippen LogP contribution in [0.1, 0.15) is 32.5 Å². The number of aromatic nitrogens is 2. The van der Waals surface area contributed by atoms with Crippen molar-refractivity contribution in [3.8, 4) is 0 Å². The standard InChI is InChI=1S/C10H19N3O/c1-8(11)9-5-12-7-13(9)10(2,3)6-14-4/h5,7-8H,6,11H2,1-4H3/t8-/m1/s1. The molecule has 2 N–H and O–H groups in total. The first-order valence-corrected chi connectivity index (χ1v) is 4.76. The second-order valence-corrected chi connectivity index (χ2v) is 4.22. The van der Waals surface area contributed by atoms with Gasteiger partial charge in [0.15, 0.2) is 0 Å². The molecule has 0 unspecified atom stereocenters. The Kier molecular flexibility index (Phi) is 3.29. The van der Waals surface area contributed by atoms with E-state index in [-0.39, 0.29) is 11.6 Å². The first-order valence-electron chi connectivity index (χ1n) is 4.76. The van der Waals surface area contributed by atoms with Crippen molar-refractivity contribution >= 4 is 0 Å². The van der Waals surface area contributed by atoms with E-state index in [9.17, 15) is 0 Å². The lowest BCUT2D eigenvalue weighted by Gasteiger charge is -2.28. The summed E-state index contributed by atoms with van der Waals surface area (Å²) in [7, 11) is 1.70. The molecule has 0 fully saturated rings. The second kappa shape index (κ2) is 4.11. The number of ether oxygens (including phenoxy) is 1. The number of methoxy groups -OCH3 is 1. The minimum absolute atomic E-state index is 0.00590. The van der Waals surface area contributed by atoms with Gasteiger partial charge in [0.05, 0.1) is 24.2 Å². The quantitative estimate of drug-likeness (QED) is 0.791. The van der Waals surface area contributed by atoms with Gasteiger partial charge in [-0.25, -0.2) is 4.98 Å². The molecule has 0 aromatic carbocycles. The van der Waals surface area contributed by atoms with Gasteiger partial charge in [-0.3, -0.25) is 0 Å². The van der Waals surface area contributed by atoms with Crippen LogP contribution in [-0.2, 0) is 10.3 Å². The first kappa shape index (κ1) is 11.2. The van der Waals surface area contributed by atoms with Gasteiger partial charge < -0.3 is 15.0 Å². The van der Waals surface area contributed by atoms with Crippen LogP contribution in [-0.4, -0.2) is 23.3 Å². The van der Waals surface area contributed by atoms with Gasteiger partial charge in [-0.15, -0.1) is 0 Å². The molecule has 14 heavy (non-hydrogen) atoms. The zero-order chi connectivity index (χ0) is 10.8. The van der Waals surface area contributed by atoms with Gasteiger partial charge in [0.1, 0.15) is 0 Å². The molecule has 1 heterocycles. The predicted octanol–water partition coefficient (Wildman–Crippen LogP) is 1.28. The third kappa shape index (κ3) is 2.13. The third-order valence-corrected chi connectivity index (χ3v) is 2.28. The van der Waals surface area contributed by atoms with Gasteiger partial charge >= 0.3 is 0 Å². The van der Waals surface area contributed by atoms with Crippen molar-refractivity contribution in [2.75, 3.05) is 13.7 Å². The highest BCUT2D eigenvalue weighted by molar-refractivity contribution is 5.06. The van der Waals surface area contributed by atoms with E-state index < -0.39 is 0 Å². The zero-order valence-electron chi connectivity index (χ0n) is 9.32. The summed E-state index contributed by atoms with van der Waals surface area (Å²) in [5.74, 6) is 0. The van der Waals surface area contributed by atoms with Crippen LogP contribution in [0.15, 0.2) is 12.5 Å². The second-order valence-electron chi connectivity index (χ2n) is 4.22. The Bertz CT molecular complexity index is 291. The molecular formula is C10H19N3O. The smallest absolute Gasteiger partial charge is 0.0954 e. The molecule has 80 valence electrons. The Hall–Kier alpha value is -0.870. The minimum atomic E-state index is -0.103. The fourth-order valence-electron chi connectivity index (χ4n) is 1.57. The van der Waals surface area contributed by atoms with Crippen molar-refractivity contribution in [3.63, 3.8) is 0 Å². The van der Waals surface area contributed by atoms with Crippen LogP contribution >= 0.6 is 0 Å². The predicted molar refractivity (Wildman–Crippen MR) is 56.0 cm³/mol. The number of nitrogens with zero attached hydrogens (tertiary/aromatic N) is 2. The van der Waals surface area contributed by atoms with Gasteiger partial charge in [0.2, 0.25) is 0 Å². The van der Waals surface area contributed by atoms with Crippen LogP contribution in [0.2, 0.25) is 0 Å². The largest absolute Gasteiger partial charge is 0.382 e. The van der Waals surface area contributed by atoms with Crippen LogP contribution in [0, 0.1) is 0 Å². The number of imidazole rings is 1. The van der Waals surface area contributed by atoms with Crippen LogP contribution in [0.3, 0.4) is 0 Å². The topological polar surface area (TPSA) is 53.1 Å². The fraction of sp³-hybridized carbons (Fsp3) is 0.700. The molecule has 0 saturated carbocycles. The fourth-order valence-corrected chi connectivity index (χ4v) is 1.57. The molecule has 1 aromatic heterocycles. The summed E-state index contributed by atoms with van der Waals surface area (Å²) in [6, 6.07) is -0.00590. The summed E-state index contributed by atoms with van der Waals surface area (Å²) in [6.07, 6.45) is 3.61. The Morgan fingerprint density at radius 1 is 1.64 bits per heavy atom. The summed E-state index contributed by atoms with van der Waals surface area (Å²) in [6.45, 7) is 6.80. The van der Waals surface area contributed by atoms with Crippen molar-refractivity contribution in [2.45, 2.75) is 32.4 Å². The summed E-state index contributed by atoms with van der Waals surface area (Å²) in [5, 5.41) is 0. The van der Waals surface area contributed by atoms with Crippen molar-refractivity contribution < 1.29 is 4.74 Å². The Morgan fingerprint density at radius 3 is 2.79 bits per heavy atom. The van der Waals surface area contributed by atoms with E-state index in [1.165, 1.54) is 0 Å². The maximum Gasteiger partial charge on any atom is 0.0954 e. The minimum Gasteiger partial charge on any atom is -0.382 e. The lowest BCUT2D eigenvalue weighted by atomic mass is 10.1. The van der Waals surface area contributed by atoms with Crippen molar-refractivity contribution in [2.24, 2.45) is 5.73 Å². The first-order chi connectivity index (χ1) is 6.49. The molecule has 0 radical (unpaired) electrons. The summed E-state index contributed by atoms with van der Waals surface area (Å²) in [5.41, 5.74) is 6.78. The van der Waals surface area contributed by atoms with Crippen LogP contribution < -0.4 is 5.73 Å². The van der Waals surface area contributed by atoms with E-state index in [4.69, 9.17) is 10.5 Å². The van der Waals surface area contributed by atoms with Gasteiger partial charge in [-0.1, -0.05) is 0 Å². The number of rotatable bonds is 4. The molecule has 1 rings (SSSR count). The lowest BCUT2D eigenvalue weighted by molar-refractivity contribution is 0.107. The van der Waals surface area contributed by atoms with Crippen molar-refractivity contribution in [1.29, 1.82) is 0 Å². The van der Waals surface area contributed by atoms with E-state index in [2.05, 4.69) is 23.4 Å². The maximum absolute atomic E-state index is 5.85. The maximum atomic E-state index is 5.85. The normalized spacial score (nSPS) is 14.4. The van der Waals surface area contributed by atoms with E-state index in [0.717, 1.165) is 5.69 Å². The van der Waals surface area contributed by atoms with Crippen LogP contribution in [0.4, 0.5) is 0 Å². The number of nitrogens with two attached hydrogens (primary N) is 1. The third-order valence-electron chi connectivity index (χ3n) is 2.28. The molecule has 0 spiro atoms. The molecule has 0 saturated heterocycles. The van der Waals surface area contributed by atoms with Gasteiger partial charge in [0.25, 0.3) is 0 Å². The van der Waals surface area contributed by atoms with E-state index in [1.54, 1.807) is 13.4 Å². The van der Waals surface area contributed by atoms with Crippen LogP contribution in [0.5, 0.6) is 0 Å². The number of hydrogen-bond donors (Lipinski definition) is 1. The molecule has 0 bridgehead atoms. The molecule has 0 amide bonds. The molecule has 4 heteroatoms. The molecule has 0 aliphatic heterocycles. The highest BCUT2D eigenvalue weighted by Gasteiger charge is 2.23. The van der Waals surface area contributed by atoms with Gasteiger partial charge in [-0.2, -0.15) is 0 Å². The van der Waals surface area contributed by atoms with E-state index in [1.807, 2.05) is 13.1 Å². The van der Waals surface area contributed by atoms with E-state index >= 15 is 0 Å². The highest BCUT2D eigenvalue weighted by atomic mass is 16.5. The Balaban J connectivity index is 2.99. The molecule has 1 atom stereocenters. The molecule has 1 aromatic rings. The highest BCUT2D eigenvalue weighted by Crippen LogP contribution is 2.20. The SMILES string of the molecule is COCC(C)(C)n1cncc1[C@@H](C)N. The monoisotopic (exact) mass is 197 g/mol.